The van der Waals surface area contributed by atoms with Crippen molar-refractivity contribution in [2.45, 2.75) is 51.1 Å². The summed E-state index contributed by atoms with van der Waals surface area (Å²) in [5, 5.41) is 6.50. The number of piperazine rings is 1. The average molecular weight is 627 g/mol. The fourth-order valence-electron chi connectivity index (χ4n) is 6.27. The molecule has 2 N–H and O–H groups in total. The van der Waals surface area contributed by atoms with Crippen LogP contribution in [0.1, 0.15) is 59.9 Å². The van der Waals surface area contributed by atoms with Crippen molar-refractivity contribution >= 4 is 40.5 Å². The minimum Gasteiger partial charge on any atom is -0.497 e. The highest BCUT2D eigenvalue weighted by molar-refractivity contribution is 6.16. The van der Waals surface area contributed by atoms with Crippen molar-refractivity contribution in [3.63, 3.8) is 0 Å². The van der Waals surface area contributed by atoms with E-state index in [1.807, 2.05) is 0 Å². The number of carbonyl (C=O) groups is 5. The summed E-state index contributed by atoms with van der Waals surface area (Å²) < 4.78 is 11.8. The molecule has 13 heteroatoms. The van der Waals surface area contributed by atoms with Crippen LogP contribution in [0.4, 0.5) is 0 Å². The van der Waals surface area contributed by atoms with E-state index in [1.165, 1.54) is 19.1 Å². The summed E-state index contributed by atoms with van der Waals surface area (Å²) in [7, 11) is 7.70. The van der Waals surface area contributed by atoms with Crippen LogP contribution in [0.25, 0.3) is 10.9 Å². The summed E-state index contributed by atoms with van der Waals surface area (Å²) in [6.45, 7) is 2.61. The number of carbonyl (C=O) groups excluding carboxylic acids is 5. The van der Waals surface area contributed by atoms with Crippen molar-refractivity contribution in [1.82, 2.24) is 29.9 Å². The van der Waals surface area contributed by atoms with E-state index in [1.54, 1.807) is 60.7 Å². The van der Waals surface area contributed by atoms with E-state index in [-0.39, 0.29) is 54.5 Å². The summed E-state index contributed by atoms with van der Waals surface area (Å²) >= 11 is 0. The molecular weight excluding hydrogens is 580 g/mol. The molecule has 45 heavy (non-hydrogen) atoms. The van der Waals surface area contributed by atoms with Crippen LogP contribution in [-0.4, -0.2) is 122 Å². The Morgan fingerprint density at radius 3 is 2.24 bits per heavy atom. The molecule has 2 fully saturated rings. The Labute approximate surface area is 264 Å². The number of ether oxygens (including phenoxy) is 2. The molecule has 4 amide bonds. The van der Waals surface area contributed by atoms with Crippen molar-refractivity contribution in [1.29, 1.82) is 0 Å². The third kappa shape index (κ3) is 7.24. The number of amides is 4. The van der Waals surface area contributed by atoms with E-state index in [2.05, 4.69) is 10.6 Å². The molecule has 2 heterocycles. The van der Waals surface area contributed by atoms with Crippen LogP contribution < -0.4 is 15.4 Å². The second kappa shape index (κ2) is 14.8. The van der Waals surface area contributed by atoms with Crippen LogP contribution in [0.5, 0.6) is 5.75 Å². The number of rotatable bonds is 10. The molecule has 0 radical (unpaired) electrons. The van der Waals surface area contributed by atoms with Crippen molar-refractivity contribution in [2.75, 3.05) is 61.0 Å². The van der Waals surface area contributed by atoms with Gasteiger partial charge in [-0.05, 0) is 44.9 Å². The topological polar surface area (TPSA) is 143 Å². The van der Waals surface area contributed by atoms with Gasteiger partial charge in [-0.15, -0.1) is 0 Å². The Morgan fingerprint density at radius 1 is 1.00 bits per heavy atom. The minimum absolute atomic E-state index is 0.0715. The molecule has 1 aliphatic carbocycles. The first-order valence-electron chi connectivity index (χ1n) is 15.6. The Balaban J connectivity index is 1.57. The van der Waals surface area contributed by atoms with Crippen molar-refractivity contribution in [3.05, 3.63) is 29.5 Å². The average Bonchev–Trinajstić information content (AvgIpc) is 3.36. The van der Waals surface area contributed by atoms with Gasteiger partial charge < -0.3 is 39.4 Å². The highest BCUT2D eigenvalue weighted by Crippen LogP contribution is 2.31. The van der Waals surface area contributed by atoms with Crippen LogP contribution in [0.3, 0.4) is 0 Å². The first-order chi connectivity index (χ1) is 21.5. The minimum atomic E-state index is -0.612. The Kier molecular flexibility index (Phi) is 11.1. The molecule has 1 saturated carbocycles. The number of hydrogen-bond acceptors (Lipinski definition) is 8. The van der Waals surface area contributed by atoms with Gasteiger partial charge in [0, 0.05) is 51.7 Å². The Bertz CT molecular complexity index is 1420. The molecule has 2 atom stereocenters. The summed E-state index contributed by atoms with van der Waals surface area (Å²) in [6, 6.07) is 4.17. The van der Waals surface area contributed by atoms with E-state index >= 15 is 0 Å². The summed E-state index contributed by atoms with van der Waals surface area (Å²) in [6.07, 6.45) is 4.96. The fraction of sp³-hybridized carbons (Fsp3) is 0.594. The van der Waals surface area contributed by atoms with Gasteiger partial charge in [0.2, 0.25) is 11.8 Å². The van der Waals surface area contributed by atoms with Crippen molar-refractivity contribution in [3.8, 4) is 5.75 Å². The van der Waals surface area contributed by atoms with Gasteiger partial charge in [0.25, 0.3) is 11.8 Å². The number of likely N-dealkylation sites (N-methyl/N-ethyl adjacent to an activating group) is 2. The van der Waals surface area contributed by atoms with Gasteiger partial charge >= 0.3 is 5.97 Å². The molecule has 0 spiro atoms. The molecule has 1 aromatic carbocycles. The molecule has 13 nitrogen and oxygen atoms in total. The van der Waals surface area contributed by atoms with Crippen LogP contribution in [0, 0.1) is 5.92 Å². The molecule has 1 aliphatic heterocycles. The lowest BCUT2D eigenvalue weighted by Crippen LogP contribution is -2.59. The number of aryl methyl sites for hydroxylation is 1. The zero-order chi connectivity index (χ0) is 32.8. The first-order valence-corrected chi connectivity index (χ1v) is 15.6. The van der Waals surface area contributed by atoms with Gasteiger partial charge in [0.05, 0.1) is 31.3 Å². The quantitative estimate of drug-likeness (QED) is 0.377. The fourth-order valence-corrected chi connectivity index (χ4v) is 6.27. The zero-order valence-electron chi connectivity index (χ0n) is 27.2. The van der Waals surface area contributed by atoms with E-state index in [9.17, 15) is 24.0 Å². The van der Waals surface area contributed by atoms with Crippen LogP contribution in [0.2, 0.25) is 0 Å². The van der Waals surface area contributed by atoms with Crippen LogP contribution >= 0.6 is 0 Å². The van der Waals surface area contributed by atoms with Gasteiger partial charge in [-0.25, -0.2) is 0 Å². The van der Waals surface area contributed by atoms with E-state index in [4.69, 9.17) is 9.47 Å². The molecule has 1 saturated heterocycles. The number of esters is 1. The van der Waals surface area contributed by atoms with Crippen LogP contribution in [0.15, 0.2) is 18.2 Å². The predicted molar refractivity (Wildman–Crippen MR) is 168 cm³/mol. The summed E-state index contributed by atoms with van der Waals surface area (Å²) in [4.78, 5) is 71.0. The van der Waals surface area contributed by atoms with Gasteiger partial charge in [-0.3, -0.25) is 24.0 Å². The third-order valence-electron chi connectivity index (χ3n) is 9.15. The normalized spacial score (nSPS) is 17.0. The number of benzene rings is 1. The highest BCUT2D eigenvalue weighted by atomic mass is 16.5. The monoisotopic (exact) mass is 626 g/mol. The van der Waals surface area contributed by atoms with E-state index in [0.29, 0.717) is 29.7 Å². The smallest absolute Gasteiger partial charge is 0.325 e. The molecular formula is C32H46N6O7. The molecule has 2 aromatic rings. The lowest BCUT2D eigenvalue weighted by molar-refractivity contribution is -0.141. The predicted octanol–water partition coefficient (Wildman–Crippen LogP) is 1.39. The standard InChI is InChI=1S/C32H46N6O7/c1-20(33-2)29(40)34-27(21-10-8-7-9-11-21)31(42)37-14-16-38(17-15-37)32(43)28-26(30(41)35(3)19-25(39)45-6)23-13-12-22(44-5)18-24(23)36(28)4/h12-13,18,20-21,27,33H,7-11,14-17,19H2,1-6H3,(H,34,40). The maximum atomic E-state index is 14.1. The maximum absolute atomic E-state index is 14.1. The zero-order valence-corrected chi connectivity index (χ0v) is 27.2. The Hall–Kier alpha value is -4.13. The highest BCUT2D eigenvalue weighted by Gasteiger charge is 2.37. The number of nitrogens with zero attached hydrogens (tertiary/aromatic N) is 4. The van der Waals surface area contributed by atoms with E-state index < -0.39 is 24.0 Å². The van der Waals surface area contributed by atoms with Gasteiger partial charge in [-0.1, -0.05) is 19.3 Å². The van der Waals surface area contributed by atoms with Crippen molar-refractivity contribution in [2.24, 2.45) is 13.0 Å². The number of aromatic nitrogens is 1. The van der Waals surface area contributed by atoms with Gasteiger partial charge in [0.1, 0.15) is 24.0 Å². The molecule has 2 aliphatic rings. The second-order valence-corrected chi connectivity index (χ2v) is 11.9. The number of fused-ring (bicyclic) bond motifs is 1. The Morgan fingerprint density at radius 2 is 1.64 bits per heavy atom. The van der Waals surface area contributed by atoms with Gasteiger partial charge in [-0.2, -0.15) is 0 Å². The number of methoxy groups -OCH3 is 2. The lowest BCUT2D eigenvalue weighted by Gasteiger charge is -2.39. The molecule has 1 aromatic heterocycles. The number of hydrogen-bond donors (Lipinski definition) is 2. The number of nitrogens with one attached hydrogen (secondary N) is 2. The van der Waals surface area contributed by atoms with Crippen LogP contribution in [-0.2, 0) is 26.2 Å². The lowest BCUT2D eigenvalue weighted by atomic mass is 9.83. The van der Waals surface area contributed by atoms with Gasteiger partial charge in [0.15, 0.2) is 0 Å². The first kappa shape index (κ1) is 33.8. The molecule has 246 valence electrons. The molecule has 2 unspecified atom stereocenters. The van der Waals surface area contributed by atoms with Crippen molar-refractivity contribution < 1.29 is 33.4 Å². The van der Waals surface area contributed by atoms with E-state index in [0.717, 1.165) is 32.1 Å². The molecule has 4 rings (SSSR count). The summed E-state index contributed by atoms with van der Waals surface area (Å²) in [5.41, 5.74) is 1.00. The largest absolute Gasteiger partial charge is 0.497 e. The molecule has 0 bridgehead atoms. The second-order valence-electron chi connectivity index (χ2n) is 11.9. The maximum Gasteiger partial charge on any atom is 0.325 e. The SMILES string of the molecule is CNC(C)C(=O)NC(C(=O)N1CCN(C(=O)c2c(C(=O)N(C)CC(=O)OC)c3ccc(OC)cc3n2C)CC1)C1CCCCC1. The summed E-state index contributed by atoms with van der Waals surface area (Å²) in [5.74, 6) is -1.11. The third-order valence-corrected chi connectivity index (χ3v) is 9.15.